The second-order valence-electron chi connectivity index (χ2n) is 5.55. The van der Waals surface area contributed by atoms with E-state index < -0.39 is 0 Å². The van der Waals surface area contributed by atoms with Gasteiger partial charge < -0.3 is 10.1 Å². The molecule has 2 heteroatoms. The molecule has 1 aromatic carbocycles. The zero-order valence-corrected chi connectivity index (χ0v) is 12.1. The summed E-state index contributed by atoms with van der Waals surface area (Å²) in [7, 11) is 0. The summed E-state index contributed by atoms with van der Waals surface area (Å²) in [6, 6.07) is 11.0. The lowest BCUT2D eigenvalue weighted by Gasteiger charge is -2.25. The van der Waals surface area contributed by atoms with Crippen molar-refractivity contribution in [1.82, 2.24) is 5.32 Å². The molecule has 19 heavy (non-hydrogen) atoms. The van der Waals surface area contributed by atoms with Crippen LogP contribution < -0.4 is 5.32 Å². The predicted octanol–water partition coefficient (Wildman–Crippen LogP) is 3.59. The molecular formula is C17H27NO. The van der Waals surface area contributed by atoms with Crippen molar-refractivity contribution in [2.45, 2.75) is 38.5 Å². The second kappa shape index (κ2) is 8.34. The van der Waals surface area contributed by atoms with Gasteiger partial charge in [-0.2, -0.15) is 0 Å². The highest BCUT2D eigenvalue weighted by Crippen LogP contribution is 2.27. The Morgan fingerprint density at radius 1 is 1.21 bits per heavy atom. The molecule has 1 atom stereocenters. The standard InChI is InChI=1S/C17H27NO/c1-2-18-14-17(16-6-4-3-5-7-16)9-8-15-10-12-19-13-11-15/h3-7,15,17-18H,2,8-14H2,1H3. The molecule has 0 aliphatic carbocycles. The highest BCUT2D eigenvalue weighted by atomic mass is 16.5. The maximum Gasteiger partial charge on any atom is 0.0468 e. The molecule has 1 fully saturated rings. The number of likely N-dealkylation sites (N-methyl/N-ethyl adjacent to an activating group) is 1. The summed E-state index contributed by atoms with van der Waals surface area (Å²) in [6.45, 7) is 6.27. The highest BCUT2D eigenvalue weighted by Gasteiger charge is 2.17. The van der Waals surface area contributed by atoms with Gasteiger partial charge in [0.15, 0.2) is 0 Å². The number of rotatable bonds is 7. The third-order valence-electron chi connectivity index (χ3n) is 4.18. The summed E-state index contributed by atoms with van der Waals surface area (Å²) in [5.41, 5.74) is 1.48. The van der Waals surface area contributed by atoms with Crippen LogP contribution in [0.1, 0.15) is 44.1 Å². The van der Waals surface area contributed by atoms with E-state index in [0.29, 0.717) is 5.92 Å². The molecule has 0 spiro atoms. The first-order valence-corrected chi connectivity index (χ1v) is 7.73. The number of hydrogen-bond donors (Lipinski definition) is 1. The van der Waals surface area contributed by atoms with Crippen LogP contribution in [-0.2, 0) is 4.74 Å². The van der Waals surface area contributed by atoms with Gasteiger partial charge in [-0.05, 0) is 49.6 Å². The summed E-state index contributed by atoms with van der Waals surface area (Å²) in [4.78, 5) is 0. The topological polar surface area (TPSA) is 21.3 Å². The lowest BCUT2D eigenvalue weighted by Crippen LogP contribution is -2.23. The van der Waals surface area contributed by atoms with Crippen molar-refractivity contribution in [2.75, 3.05) is 26.3 Å². The molecule has 0 aromatic heterocycles. The van der Waals surface area contributed by atoms with Gasteiger partial charge in [0.05, 0.1) is 0 Å². The van der Waals surface area contributed by atoms with Gasteiger partial charge in [0, 0.05) is 19.8 Å². The lowest BCUT2D eigenvalue weighted by molar-refractivity contribution is 0.0627. The Labute approximate surface area is 117 Å². The molecule has 1 aliphatic rings. The van der Waals surface area contributed by atoms with Gasteiger partial charge in [0.25, 0.3) is 0 Å². The fourth-order valence-electron chi connectivity index (χ4n) is 2.90. The minimum atomic E-state index is 0.656. The fourth-order valence-corrected chi connectivity index (χ4v) is 2.90. The quantitative estimate of drug-likeness (QED) is 0.810. The summed E-state index contributed by atoms with van der Waals surface area (Å²) in [6.07, 6.45) is 5.14. The lowest BCUT2D eigenvalue weighted by atomic mass is 9.87. The molecule has 2 nitrogen and oxygen atoms in total. The van der Waals surface area contributed by atoms with Crippen molar-refractivity contribution in [2.24, 2.45) is 5.92 Å². The summed E-state index contributed by atoms with van der Waals surface area (Å²) in [5, 5.41) is 3.51. The molecular weight excluding hydrogens is 234 g/mol. The summed E-state index contributed by atoms with van der Waals surface area (Å²) >= 11 is 0. The van der Waals surface area contributed by atoms with Crippen LogP contribution in [0.25, 0.3) is 0 Å². The van der Waals surface area contributed by atoms with Crippen molar-refractivity contribution in [3.63, 3.8) is 0 Å². The molecule has 0 amide bonds. The Morgan fingerprint density at radius 2 is 1.95 bits per heavy atom. The zero-order chi connectivity index (χ0) is 13.3. The van der Waals surface area contributed by atoms with Crippen molar-refractivity contribution in [3.8, 4) is 0 Å². The van der Waals surface area contributed by atoms with E-state index in [1.165, 1.54) is 31.2 Å². The summed E-state index contributed by atoms with van der Waals surface area (Å²) < 4.78 is 5.44. The molecule has 0 radical (unpaired) electrons. The van der Waals surface area contributed by atoms with Crippen LogP contribution in [0.2, 0.25) is 0 Å². The number of hydrogen-bond acceptors (Lipinski definition) is 2. The molecule has 1 saturated heterocycles. The van der Waals surface area contributed by atoms with E-state index >= 15 is 0 Å². The number of benzene rings is 1. The summed E-state index contributed by atoms with van der Waals surface area (Å²) in [5.74, 6) is 1.53. The van der Waals surface area contributed by atoms with E-state index in [2.05, 4.69) is 42.6 Å². The Morgan fingerprint density at radius 3 is 2.63 bits per heavy atom. The van der Waals surface area contributed by atoms with Crippen molar-refractivity contribution in [3.05, 3.63) is 35.9 Å². The Kier molecular flexibility index (Phi) is 6.38. The highest BCUT2D eigenvalue weighted by molar-refractivity contribution is 5.19. The van der Waals surface area contributed by atoms with Gasteiger partial charge >= 0.3 is 0 Å². The average molecular weight is 261 g/mol. The third kappa shape index (κ3) is 4.96. The first-order chi connectivity index (χ1) is 9.40. The van der Waals surface area contributed by atoms with Gasteiger partial charge in [0.2, 0.25) is 0 Å². The van der Waals surface area contributed by atoms with Gasteiger partial charge in [-0.15, -0.1) is 0 Å². The van der Waals surface area contributed by atoms with Crippen LogP contribution in [0.15, 0.2) is 30.3 Å². The molecule has 106 valence electrons. The molecule has 1 aliphatic heterocycles. The molecule has 1 heterocycles. The van der Waals surface area contributed by atoms with E-state index in [1.807, 2.05) is 0 Å². The molecule has 0 saturated carbocycles. The third-order valence-corrected chi connectivity index (χ3v) is 4.18. The first kappa shape index (κ1) is 14.5. The van der Waals surface area contributed by atoms with E-state index in [9.17, 15) is 0 Å². The predicted molar refractivity (Wildman–Crippen MR) is 80.5 cm³/mol. The Balaban J connectivity index is 1.86. The molecule has 0 bridgehead atoms. The monoisotopic (exact) mass is 261 g/mol. The Hall–Kier alpha value is -0.860. The van der Waals surface area contributed by atoms with Gasteiger partial charge in [-0.25, -0.2) is 0 Å². The van der Waals surface area contributed by atoms with Crippen LogP contribution in [-0.4, -0.2) is 26.3 Å². The van der Waals surface area contributed by atoms with E-state index in [1.54, 1.807) is 0 Å². The van der Waals surface area contributed by atoms with Crippen molar-refractivity contribution in [1.29, 1.82) is 0 Å². The molecule has 2 rings (SSSR count). The van der Waals surface area contributed by atoms with Crippen LogP contribution in [0.4, 0.5) is 0 Å². The Bertz CT molecular complexity index is 332. The van der Waals surface area contributed by atoms with E-state index in [0.717, 1.165) is 32.2 Å². The molecule has 1 aromatic rings. The average Bonchev–Trinajstić information content (AvgIpc) is 2.49. The van der Waals surface area contributed by atoms with Gasteiger partial charge in [-0.1, -0.05) is 37.3 Å². The maximum absolute atomic E-state index is 5.44. The minimum Gasteiger partial charge on any atom is -0.381 e. The fraction of sp³-hybridized carbons (Fsp3) is 0.647. The van der Waals surface area contributed by atoms with E-state index in [4.69, 9.17) is 4.74 Å². The number of ether oxygens (including phenoxy) is 1. The van der Waals surface area contributed by atoms with Crippen molar-refractivity contribution < 1.29 is 4.74 Å². The molecule has 1 N–H and O–H groups in total. The first-order valence-electron chi connectivity index (χ1n) is 7.73. The maximum atomic E-state index is 5.44. The SMILES string of the molecule is CCNCC(CCC1CCOCC1)c1ccccc1. The van der Waals surface area contributed by atoms with E-state index in [-0.39, 0.29) is 0 Å². The van der Waals surface area contributed by atoms with Crippen LogP contribution in [0.5, 0.6) is 0 Å². The van der Waals surface area contributed by atoms with Crippen LogP contribution >= 0.6 is 0 Å². The minimum absolute atomic E-state index is 0.656. The van der Waals surface area contributed by atoms with Crippen LogP contribution in [0.3, 0.4) is 0 Å². The largest absolute Gasteiger partial charge is 0.381 e. The molecule has 1 unspecified atom stereocenters. The van der Waals surface area contributed by atoms with Gasteiger partial charge in [0.1, 0.15) is 0 Å². The smallest absolute Gasteiger partial charge is 0.0468 e. The van der Waals surface area contributed by atoms with Crippen LogP contribution in [0, 0.1) is 5.92 Å². The normalized spacial score (nSPS) is 18.4. The van der Waals surface area contributed by atoms with Crippen molar-refractivity contribution >= 4 is 0 Å². The van der Waals surface area contributed by atoms with Gasteiger partial charge in [-0.3, -0.25) is 0 Å². The number of nitrogens with one attached hydrogen (secondary N) is 1. The second-order valence-corrected chi connectivity index (χ2v) is 5.55. The zero-order valence-electron chi connectivity index (χ0n) is 12.1.